The Morgan fingerprint density at radius 2 is 2.47 bits per heavy atom. The van der Waals surface area contributed by atoms with Gasteiger partial charge in [-0.3, -0.25) is 0 Å². The molecule has 2 N–H and O–H groups in total. The van der Waals surface area contributed by atoms with Crippen molar-refractivity contribution in [3.8, 4) is 0 Å². The summed E-state index contributed by atoms with van der Waals surface area (Å²) in [6.07, 6.45) is 5.16. The molecule has 1 aromatic heterocycles. The summed E-state index contributed by atoms with van der Waals surface area (Å²) >= 11 is 0. The summed E-state index contributed by atoms with van der Waals surface area (Å²) in [7, 11) is 2.17. The normalized spacial score (nSPS) is 20.6. The van der Waals surface area contributed by atoms with Crippen LogP contribution in [0.3, 0.4) is 0 Å². The number of hydrogen-bond acceptors (Lipinski definition) is 4. The van der Waals surface area contributed by atoms with Crippen LogP contribution in [0.4, 0.5) is 0 Å². The maximum atomic E-state index is 10.9. The quantitative estimate of drug-likeness (QED) is 0.769. The Balaban J connectivity index is 1.69. The number of carboxylic acid groups (broad SMARTS) is 1. The number of aromatic carboxylic acids is 1. The average Bonchev–Trinajstić information content (AvgIpc) is 2.83. The fourth-order valence-electron chi connectivity index (χ4n) is 2.70. The number of carbonyl (C=O) groups is 1. The van der Waals surface area contributed by atoms with Crippen molar-refractivity contribution in [1.82, 2.24) is 10.2 Å². The minimum Gasteiger partial charge on any atom is -0.475 e. The van der Waals surface area contributed by atoms with Gasteiger partial charge in [-0.2, -0.15) is 0 Å². The topological polar surface area (TPSA) is 65.7 Å². The highest BCUT2D eigenvalue weighted by Gasteiger charge is 2.17. The molecule has 1 aliphatic rings. The van der Waals surface area contributed by atoms with Gasteiger partial charge in [0.1, 0.15) is 0 Å². The van der Waals surface area contributed by atoms with Crippen molar-refractivity contribution in [3.63, 3.8) is 0 Å². The van der Waals surface area contributed by atoms with Gasteiger partial charge in [0, 0.05) is 18.7 Å². The Kier molecular flexibility index (Phi) is 4.99. The van der Waals surface area contributed by atoms with Crippen molar-refractivity contribution >= 4 is 5.97 Å². The SMILES string of the molecule is CN1CCCC(CCNCc2ccoc2C(=O)O)C1. The van der Waals surface area contributed by atoms with E-state index in [-0.39, 0.29) is 5.76 Å². The Bertz CT molecular complexity index is 417. The number of likely N-dealkylation sites (tertiary alicyclic amines) is 1. The molecule has 1 aliphatic heterocycles. The van der Waals surface area contributed by atoms with Gasteiger partial charge in [0.25, 0.3) is 0 Å². The van der Waals surface area contributed by atoms with Crippen molar-refractivity contribution < 1.29 is 14.3 Å². The molecule has 1 unspecified atom stereocenters. The lowest BCUT2D eigenvalue weighted by Gasteiger charge is -2.29. The molecule has 1 atom stereocenters. The van der Waals surface area contributed by atoms with Crippen molar-refractivity contribution in [2.75, 3.05) is 26.7 Å². The largest absolute Gasteiger partial charge is 0.475 e. The highest BCUT2D eigenvalue weighted by molar-refractivity contribution is 5.86. The first-order valence-electron chi connectivity index (χ1n) is 6.85. The van der Waals surface area contributed by atoms with Crippen molar-refractivity contribution in [2.24, 2.45) is 5.92 Å². The number of rotatable bonds is 6. The summed E-state index contributed by atoms with van der Waals surface area (Å²) in [6.45, 7) is 3.86. The maximum Gasteiger partial charge on any atom is 0.372 e. The standard InChI is InChI=1S/C14H22N2O3/c1-16-7-2-3-11(10-16)4-6-15-9-12-5-8-19-13(12)14(17)18/h5,8,11,15H,2-4,6-7,9-10H2,1H3,(H,17,18). The number of furan rings is 1. The minimum atomic E-state index is -1.00. The van der Waals surface area contributed by atoms with Crippen molar-refractivity contribution in [1.29, 1.82) is 0 Å². The number of nitrogens with one attached hydrogen (secondary N) is 1. The lowest BCUT2D eigenvalue weighted by atomic mass is 9.95. The first kappa shape index (κ1) is 14.1. The smallest absolute Gasteiger partial charge is 0.372 e. The van der Waals surface area contributed by atoms with E-state index >= 15 is 0 Å². The third kappa shape index (κ3) is 4.08. The van der Waals surface area contributed by atoms with E-state index in [2.05, 4.69) is 17.3 Å². The first-order valence-corrected chi connectivity index (χ1v) is 6.85. The third-order valence-electron chi connectivity index (χ3n) is 3.71. The molecule has 1 fully saturated rings. The molecule has 0 aromatic carbocycles. The molecular formula is C14H22N2O3. The van der Waals surface area contributed by atoms with Crippen LogP contribution >= 0.6 is 0 Å². The summed E-state index contributed by atoms with van der Waals surface area (Å²) in [5.41, 5.74) is 0.716. The number of hydrogen-bond donors (Lipinski definition) is 2. The number of carboxylic acids is 1. The van der Waals surface area contributed by atoms with Gasteiger partial charge in [0.2, 0.25) is 5.76 Å². The zero-order valence-corrected chi connectivity index (χ0v) is 11.4. The van der Waals surface area contributed by atoms with E-state index in [1.54, 1.807) is 6.07 Å². The molecule has 106 valence electrons. The van der Waals surface area contributed by atoms with Gasteiger partial charge in [0.15, 0.2) is 0 Å². The Hall–Kier alpha value is -1.33. The molecule has 2 rings (SSSR count). The van der Waals surface area contributed by atoms with Crippen molar-refractivity contribution in [3.05, 3.63) is 23.7 Å². The molecule has 0 saturated carbocycles. The van der Waals surface area contributed by atoms with Crippen LogP contribution in [0.1, 0.15) is 35.4 Å². The van der Waals surface area contributed by atoms with Crippen LogP contribution in [0.15, 0.2) is 16.7 Å². The second-order valence-electron chi connectivity index (χ2n) is 5.32. The minimum absolute atomic E-state index is 0.0462. The van der Waals surface area contributed by atoms with Crippen molar-refractivity contribution in [2.45, 2.75) is 25.8 Å². The van der Waals surface area contributed by atoms with E-state index in [1.807, 2.05) is 0 Å². The maximum absolute atomic E-state index is 10.9. The molecule has 0 aliphatic carbocycles. The molecule has 19 heavy (non-hydrogen) atoms. The molecule has 5 nitrogen and oxygen atoms in total. The van der Waals surface area contributed by atoms with E-state index in [0.29, 0.717) is 12.1 Å². The zero-order valence-electron chi connectivity index (χ0n) is 11.4. The Morgan fingerprint density at radius 3 is 3.21 bits per heavy atom. The molecule has 1 aromatic rings. The van der Waals surface area contributed by atoms with Crippen LogP contribution in [-0.2, 0) is 6.54 Å². The van der Waals surface area contributed by atoms with Crippen LogP contribution in [0, 0.1) is 5.92 Å². The van der Waals surface area contributed by atoms with E-state index < -0.39 is 5.97 Å². The molecule has 2 heterocycles. The van der Waals surface area contributed by atoms with E-state index in [9.17, 15) is 4.79 Å². The molecule has 1 saturated heterocycles. The van der Waals surface area contributed by atoms with E-state index in [4.69, 9.17) is 9.52 Å². The van der Waals surface area contributed by atoms with Gasteiger partial charge in [-0.1, -0.05) is 0 Å². The Labute approximate surface area is 113 Å². The molecule has 0 radical (unpaired) electrons. The summed E-state index contributed by atoms with van der Waals surface area (Å²) < 4.78 is 4.94. The highest BCUT2D eigenvalue weighted by Crippen LogP contribution is 2.18. The summed E-state index contributed by atoms with van der Waals surface area (Å²) in [6, 6.07) is 1.71. The third-order valence-corrected chi connectivity index (χ3v) is 3.71. The number of piperidine rings is 1. The van der Waals surface area contributed by atoms with Gasteiger partial charge in [0.05, 0.1) is 6.26 Å². The second kappa shape index (κ2) is 6.73. The first-order chi connectivity index (χ1) is 9.16. The summed E-state index contributed by atoms with van der Waals surface area (Å²) in [4.78, 5) is 13.3. The monoisotopic (exact) mass is 266 g/mol. The predicted octanol–water partition coefficient (Wildman–Crippen LogP) is 1.80. The van der Waals surface area contributed by atoms with Crippen LogP contribution in [0.25, 0.3) is 0 Å². The molecule has 5 heteroatoms. The predicted molar refractivity (Wildman–Crippen MR) is 72.2 cm³/mol. The molecular weight excluding hydrogens is 244 g/mol. The molecule has 0 amide bonds. The Morgan fingerprint density at radius 1 is 1.63 bits per heavy atom. The molecule has 0 spiro atoms. The van der Waals surface area contributed by atoms with Crippen LogP contribution in [0.5, 0.6) is 0 Å². The van der Waals surface area contributed by atoms with Gasteiger partial charge in [-0.15, -0.1) is 0 Å². The van der Waals surface area contributed by atoms with Gasteiger partial charge >= 0.3 is 5.97 Å². The van der Waals surface area contributed by atoms with Gasteiger partial charge < -0.3 is 19.7 Å². The van der Waals surface area contributed by atoms with Crippen LogP contribution < -0.4 is 5.32 Å². The second-order valence-corrected chi connectivity index (χ2v) is 5.32. The average molecular weight is 266 g/mol. The van der Waals surface area contributed by atoms with Gasteiger partial charge in [-0.05, 0) is 51.4 Å². The lowest BCUT2D eigenvalue weighted by Crippen LogP contribution is -2.33. The fraction of sp³-hybridized carbons (Fsp3) is 0.643. The fourth-order valence-corrected chi connectivity index (χ4v) is 2.70. The number of nitrogens with zero attached hydrogens (tertiary/aromatic N) is 1. The van der Waals surface area contributed by atoms with E-state index in [1.165, 1.54) is 32.2 Å². The summed E-state index contributed by atoms with van der Waals surface area (Å²) in [5.74, 6) is -0.199. The van der Waals surface area contributed by atoms with E-state index in [0.717, 1.165) is 18.9 Å². The van der Waals surface area contributed by atoms with Crippen LogP contribution in [0.2, 0.25) is 0 Å². The molecule has 0 bridgehead atoms. The summed E-state index contributed by atoms with van der Waals surface area (Å²) in [5, 5.41) is 12.2. The highest BCUT2D eigenvalue weighted by atomic mass is 16.4. The van der Waals surface area contributed by atoms with Gasteiger partial charge in [-0.25, -0.2) is 4.79 Å². The lowest BCUT2D eigenvalue weighted by molar-refractivity contribution is 0.0660. The van der Waals surface area contributed by atoms with Crippen LogP contribution in [-0.4, -0.2) is 42.7 Å². The zero-order chi connectivity index (χ0) is 13.7.